The first-order chi connectivity index (χ1) is 17.8. The van der Waals surface area contributed by atoms with Gasteiger partial charge in [-0.2, -0.15) is 13.2 Å². The lowest BCUT2D eigenvalue weighted by Crippen LogP contribution is -2.59. The molecule has 6 nitrogen and oxygen atoms in total. The van der Waals surface area contributed by atoms with Crippen LogP contribution in [0.15, 0.2) is 48.5 Å². The van der Waals surface area contributed by atoms with Crippen LogP contribution in [0, 0.1) is 11.8 Å². The van der Waals surface area contributed by atoms with Gasteiger partial charge in [-0.05, 0) is 67.6 Å². The molecule has 1 amide bonds. The summed E-state index contributed by atoms with van der Waals surface area (Å²) in [5, 5.41) is 2.95. The van der Waals surface area contributed by atoms with Crippen LogP contribution < -0.4 is 15.0 Å². The fourth-order valence-electron chi connectivity index (χ4n) is 6.19. The van der Waals surface area contributed by atoms with Crippen molar-refractivity contribution < 1.29 is 22.7 Å². The van der Waals surface area contributed by atoms with E-state index in [1.54, 1.807) is 7.11 Å². The number of nitrogens with zero attached hydrogens (tertiary/aromatic N) is 3. The zero-order valence-corrected chi connectivity index (χ0v) is 21.2. The summed E-state index contributed by atoms with van der Waals surface area (Å²) >= 11 is 0. The summed E-state index contributed by atoms with van der Waals surface area (Å²) in [5.74, 6) is 1.88. The summed E-state index contributed by atoms with van der Waals surface area (Å²) in [4.78, 5) is 20.0. The van der Waals surface area contributed by atoms with Crippen LogP contribution in [0.4, 0.5) is 18.9 Å². The molecule has 2 aromatic rings. The Morgan fingerprint density at radius 1 is 1.03 bits per heavy atom. The Morgan fingerprint density at radius 2 is 1.76 bits per heavy atom. The van der Waals surface area contributed by atoms with Crippen LogP contribution in [-0.4, -0.2) is 81.2 Å². The van der Waals surface area contributed by atoms with Crippen LogP contribution in [0.3, 0.4) is 0 Å². The number of hydrogen-bond donors (Lipinski definition) is 1. The standard InChI is InChI=1S/C28H35F3N4O2/c1-37-26-5-3-2-4-25(26)34-14-12-33(13-15-34)18-22-19-35-11-10-21(22)16-24(35)17-32-27(36)20-6-8-23(9-7-20)28(29,30)31/h2-9,21-22,24H,10-19H2,1H3,(H,32,36). The first-order valence-corrected chi connectivity index (χ1v) is 13.1. The van der Waals surface area contributed by atoms with Crippen molar-refractivity contribution in [3.05, 3.63) is 59.7 Å². The third-order valence-electron chi connectivity index (χ3n) is 8.28. The van der Waals surface area contributed by atoms with E-state index in [0.29, 0.717) is 18.4 Å². The number of carbonyl (C=O) groups is 1. The van der Waals surface area contributed by atoms with Gasteiger partial charge in [-0.1, -0.05) is 12.1 Å². The van der Waals surface area contributed by atoms with Crippen molar-refractivity contribution in [3.8, 4) is 5.75 Å². The average molecular weight is 517 g/mol. The normalized spacial score (nSPS) is 26.2. The first kappa shape index (κ1) is 25.9. The predicted octanol–water partition coefficient (Wildman–Crippen LogP) is 3.98. The third-order valence-corrected chi connectivity index (χ3v) is 8.28. The third kappa shape index (κ3) is 5.88. The SMILES string of the molecule is COc1ccccc1N1CCN(CC2CN3CCC2CC3CNC(=O)c2ccc(C(F)(F)F)cc2)CC1. The molecule has 4 saturated heterocycles. The summed E-state index contributed by atoms with van der Waals surface area (Å²) in [5.41, 5.74) is 0.676. The zero-order valence-electron chi connectivity index (χ0n) is 21.2. The number of alkyl halides is 3. The maximum absolute atomic E-state index is 12.8. The van der Waals surface area contributed by atoms with Gasteiger partial charge in [0.25, 0.3) is 5.91 Å². The quantitative estimate of drug-likeness (QED) is 0.604. The highest BCUT2D eigenvalue weighted by molar-refractivity contribution is 5.94. The number of fused-ring (bicyclic) bond motifs is 3. The Balaban J connectivity index is 1.08. The number of amides is 1. The molecule has 4 unspecified atom stereocenters. The molecule has 0 saturated carbocycles. The van der Waals surface area contributed by atoms with Gasteiger partial charge in [0.1, 0.15) is 5.75 Å². The van der Waals surface area contributed by atoms with Crippen LogP contribution in [-0.2, 0) is 6.18 Å². The molecule has 2 bridgehead atoms. The van der Waals surface area contributed by atoms with Crippen molar-refractivity contribution in [2.45, 2.75) is 25.1 Å². The molecular formula is C28H35F3N4O2. The molecule has 37 heavy (non-hydrogen) atoms. The van der Waals surface area contributed by atoms with E-state index in [9.17, 15) is 18.0 Å². The van der Waals surface area contributed by atoms with Gasteiger partial charge in [-0.15, -0.1) is 0 Å². The smallest absolute Gasteiger partial charge is 0.416 e. The molecule has 0 spiro atoms. The molecule has 4 heterocycles. The molecule has 200 valence electrons. The van der Waals surface area contributed by atoms with Crippen molar-refractivity contribution in [1.82, 2.24) is 15.1 Å². The van der Waals surface area contributed by atoms with Crippen molar-refractivity contribution in [3.63, 3.8) is 0 Å². The summed E-state index contributed by atoms with van der Waals surface area (Å²) in [6.07, 6.45) is -2.16. The average Bonchev–Trinajstić information content (AvgIpc) is 2.92. The largest absolute Gasteiger partial charge is 0.495 e. The number of halogens is 3. The molecule has 0 aromatic heterocycles. The molecule has 4 aliphatic heterocycles. The van der Waals surface area contributed by atoms with E-state index >= 15 is 0 Å². The summed E-state index contributed by atoms with van der Waals surface area (Å²) in [6.45, 7) is 7.76. The lowest BCUT2D eigenvalue weighted by molar-refractivity contribution is -0.137. The van der Waals surface area contributed by atoms with E-state index in [4.69, 9.17) is 4.74 Å². The number of methoxy groups -OCH3 is 1. The minimum atomic E-state index is -4.40. The molecule has 0 radical (unpaired) electrons. The molecule has 4 atom stereocenters. The molecule has 2 aromatic carbocycles. The zero-order chi connectivity index (χ0) is 26.0. The molecular weight excluding hydrogens is 481 g/mol. The van der Waals surface area contributed by atoms with Gasteiger partial charge in [-0.3, -0.25) is 14.6 Å². The fraction of sp³-hybridized carbons (Fsp3) is 0.536. The Labute approximate surface area is 216 Å². The highest BCUT2D eigenvalue weighted by Crippen LogP contribution is 2.37. The van der Waals surface area contributed by atoms with Crippen molar-refractivity contribution in [1.29, 1.82) is 0 Å². The van der Waals surface area contributed by atoms with E-state index in [-0.39, 0.29) is 17.5 Å². The maximum atomic E-state index is 12.8. The molecule has 9 heteroatoms. The first-order valence-electron chi connectivity index (χ1n) is 13.1. The van der Waals surface area contributed by atoms with Crippen LogP contribution in [0.2, 0.25) is 0 Å². The highest BCUT2D eigenvalue weighted by Gasteiger charge is 2.41. The minimum absolute atomic E-state index is 0.258. The fourth-order valence-corrected chi connectivity index (χ4v) is 6.19. The summed E-state index contributed by atoms with van der Waals surface area (Å²) in [6, 6.07) is 12.9. The number of piperazine rings is 1. The Morgan fingerprint density at radius 3 is 2.41 bits per heavy atom. The second kappa shape index (κ2) is 10.9. The van der Waals surface area contributed by atoms with Gasteiger partial charge >= 0.3 is 6.18 Å². The summed E-state index contributed by atoms with van der Waals surface area (Å²) < 4.78 is 43.9. The van der Waals surface area contributed by atoms with E-state index < -0.39 is 11.7 Å². The number of benzene rings is 2. The lowest BCUT2D eigenvalue weighted by atomic mass is 9.75. The van der Waals surface area contributed by atoms with Gasteiger partial charge in [-0.25, -0.2) is 0 Å². The molecule has 4 fully saturated rings. The number of hydrogen-bond acceptors (Lipinski definition) is 5. The number of ether oxygens (including phenoxy) is 1. The topological polar surface area (TPSA) is 48.1 Å². The Hall–Kier alpha value is -2.78. The molecule has 6 rings (SSSR count). The lowest BCUT2D eigenvalue weighted by Gasteiger charge is -2.51. The van der Waals surface area contributed by atoms with E-state index in [0.717, 1.165) is 75.8 Å². The number of nitrogens with one attached hydrogen (secondary N) is 1. The number of piperidine rings is 3. The van der Waals surface area contributed by atoms with Gasteiger partial charge < -0.3 is 15.0 Å². The number of rotatable bonds is 7. The number of anilines is 1. The van der Waals surface area contributed by atoms with Crippen molar-refractivity contribution in [2.75, 3.05) is 64.4 Å². The van der Waals surface area contributed by atoms with Gasteiger partial charge in [0.2, 0.25) is 0 Å². The number of carbonyl (C=O) groups excluding carboxylic acids is 1. The molecule has 1 N–H and O–H groups in total. The maximum Gasteiger partial charge on any atom is 0.416 e. The Bertz CT molecular complexity index is 1070. The monoisotopic (exact) mass is 516 g/mol. The second-order valence-corrected chi connectivity index (χ2v) is 10.4. The van der Waals surface area contributed by atoms with E-state index in [1.165, 1.54) is 18.6 Å². The van der Waals surface area contributed by atoms with Crippen LogP contribution in [0.25, 0.3) is 0 Å². The molecule has 4 aliphatic rings. The van der Waals surface area contributed by atoms with Crippen molar-refractivity contribution >= 4 is 11.6 Å². The summed E-state index contributed by atoms with van der Waals surface area (Å²) in [7, 11) is 1.72. The highest BCUT2D eigenvalue weighted by atomic mass is 19.4. The van der Waals surface area contributed by atoms with E-state index in [2.05, 4.69) is 32.1 Å². The van der Waals surface area contributed by atoms with Crippen LogP contribution in [0.1, 0.15) is 28.8 Å². The molecule has 0 aliphatic carbocycles. The van der Waals surface area contributed by atoms with Gasteiger partial charge in [0.15, 0.2) is 0 Å². The predicted molar refractivity (Wildman–Crippen MR) is 137 cm³/mol. The van der Waals surface area contributed by atoms with Crippen molar-refractivity contribution in [2.24, 2.45) is 11.8 Å². The van der Waals surface area contributed by atoms with Gasteiger partial charge in [0, 0.05) is 57.4 Å². The second-order valence-electron chi connectivity index (χ2n) is 10.4. The van der Waals surface area contributed by atoms with Crippen LogP contribution >= 0.6 is 0 Å². The van der Waals surface area contributed by atoms with Crippen LogP contribution in [0.5, 0.6) is 5.75 Å². The minimum Gasteiger partial charge on any atom is -0.495 e. The number of para-hydroxylation sites is 2. The van der Waals surface area contributed by atoms with E-state index in [1.807, 2.05) is 12.1 Å². The Kier molecular flexibility index (Phi) is 7.62. The van der Waals surface area contributed by atoms with Gasteiger partial charge in [0.05, 0.1) is 18.4 Å².